The number of allylic oxidation sites excluding steroid dienone is 1. The number of rotatable bonds is 8. The highest BCUT2D eigenvalue weighted by Crippen LogP contribution is 2.33. The molecular weight excluding hydrogens is 815 g/mol. The monoisotopic (exact) mass is 841 g/mol. The Kier molecular flexibility index (Phi) is 10.1. The Morgan fingerprint density at radius 1 is 1.14 bits per heavy atom. The first kappa shape index (κ1) is 31.9. The lowest BCUT2D eigenvalue weighted by molar-refractivity contribution is -0.127. The molecule has 4 aromatic rings. The van der Waals surface area contributed by atoms with Crippen molar-refractivity contribution in [1.82, 2.24) is 9.47 Å². The van der Waals surface area contributed by atoms with Crippen molar-refractivity contribution in [3.05, 3.63) is 126 Å². The van der Waals surface area contributed by atoms with Gasteiger partial charge >= 0.3 is 0 Å². The third-order valence-electron chi connectivity index (χ3n) is 7.14. The maximum atomic E-state index is 14.3. The first-order valence-electron chi connectivity index (χ1n) is 13.5. The van der Waals surface area contributed by atoms with Crippen molar-refractivity contribution < 1.29 is 13.9 Å². The minimum atomic E-state index is -0.670. The van der Waals surface area contributed by atoms with Gasteiger partial charge < -0.3 is 9.64 Å². The molecule has 0 saturated carbocycles. The molecule has 0 N–H and O–H groups in total. The molecular formula is C32H27ClFI2N3O3S. The summed E-state index contributed by atoms with van der Waals surface area (Å²) >= 11 is 11.9. The van der Waals surface area contributed by atoms with Gasteiger partial charge in [-0.05, 0) is 108 Å². The molecule has 222 valence electrons. The SMILES string of the molecule is CCN(CC)C(=O)C1=C(C)N=c2s/c(=C/c3cc(I)cc(I)c3OCc3ccccc3F)c(=O)n2[C@@H]1c1ccc(Cl)cc1. The molecule has 1 aromatic heterocycles. The highest BCUT2D eigenvalue weighted by atomic mass is 127. The summed E-state index contributed by atoms with van der Waals surface area (Å²) in [6, 6.07) is 16.9. The molecule has 0 unspecified atom stereocenters. The van der Waals surface area contributed by atoms with E-state index in [-0.39, 0.29) is 23.9 Å². The predicted molar refractivity (Wildman–Crippen MR) is 186 cm³/mol. The molecule has 1 aliphatic rings. The number of carbonyl (C=O) groups excluding carboxylic acids is 1. The van der Waals surface area contributed by atoms with Gasteiger partial charge in [-0.2, -0.15) is 0 Å². The number of halogens is 4. The van der Waals surface area contributed by atoms with Crippen molar-refractivity contribution in [3.8, 4) is 5.75 Å². The van der Waals surface area contributed by atoms with Crippen molar-refractivity contribution in [3.63, 3.8) is 0 Å². The summed E-state index contributed by atoms with van der Waals surface area (Å²) in [4.78, 5) is 34.9. The zero-order chi connectivity index (χ0) is 30.8. The van der Waals surface area contributed by atoms with Crippen molar-refractivity contribution in [2.24, 2.45) is 4.99 Å². The van der Waals surface area contributed by atoms with Crippen LogP contribution in [0, 0.1) is 13.0 Å². The molecule has 0 spiro atoms. The molecule has 1 aliphatic heterocycles. The van der Waals surface area contributed by atoms with Gasteiger partial charge in [-0.1, -0.05) is 53.3 Å². The van der Waals surface area contributed by atoms with Crippen LogP contribution < -0.4 is 19.6 Å². The second-order valence-electron chi connectivity index (χ2n) is 9.80. The van der Waals surface area contributed by atoms with Gasteiger partial charge in [0.15, 0.2) is 4.80 Å². The van der Waals surface area contributed by atoms with E-state index in [9.17, 15) is 14.0 Å². The molecule has 6 nitrogen and oxygen atoms in total. The lowest BCUT2D eigenvalue weighted by atomic mass is 9.94. The van der Waals surface area contributed by atoms with Crippen LogP contribution in [0.15, 0.2) is 81.7 Å². The van der Waals surface area contributed by atoms with Gasteiger partial charge in [0, 0.05) is 32.8 Å². The van der Waals surface area contributed by atoms with Crippen LogP contribution in [0.2, 0.25) is 5.02 Å². The first-order valence-corrected chi connectivity index (χ1v) is 16.9. The van der Waals surface area contributed by atoms with Gasteiger partial charge in [-0.3, -0.25) is 14.2 Å². The molecule has 0 saturated heterocycles. The van der Waals surface area contributed by atoms with Crippen LogP contribution in [-0.2, 0) is 11.4 Å². The maximum Gasteiger partial charge on any atom is 0.271 e. The number of hydrogen-bond donors (Lipinski definition) is 0. The molecule has 5 rings (SSSR count). The molecule has 1 amide bonds. The van der Waals surface area contributed by atoms with Gasteiger partial charge in [0.25, 0.3) is 11.5 Å². The fraction of sp³-hybridized carbons (Fsp3) is 0.219. The normalized spacial score (nSPS) is 14.9. The van der Waals surface area contributed by atoms with Crippen LogP contribution >= 0.6 is 68.1 Å². The number of aromatic nitrogens is 1. The lowest BCUT2D eigenvalue weighted by Crippen LogP contribution is -2.43. The van der Waals surface area contributed by atoms with Crippen molar-refractivity contribution in [1.29, 1.82) is 0 Å². The Balaban J connectivity index is 1.66. The minimum Gasteiger partial charge on any atom is -0.487 e. The van der Waals surface area contributed by atoms with Crippen molar-refractivity contribution in [2.75, 3.05) is 13.1 Å². The number of thiazole rings is 1. The van der Waals surface area contributed by atoms with Gasteiger partial charge in [-0.15, -0.1) is 0 Å². The fourth-order valence-corrected chi connectivity index (χ4v) is 8.19. The fourth-order valence-electron chi connectivity index (χ4n) is 4.98. The Bertz CT molecular complexity index is 1920. The second kappa shape index (κ2) is 13.6. The van der Waals surface area contributed by atoms with E-state index in [1.54, 1.807) is 45.9 Å². The van der Waals surface area contributed by atoms with E-state index in [0.29, 0.717) is 55.6 Å². The summed E-state index contributed by atoms with van der Waals surface area (Å²) in [7, 11) is 0. The van der Waals surface area contributed by atoms with Crippen LogP contribution in [0.3, 0.4) is 0 Å². The summed E-state index contributed by atoms with van der Waals surface area (Å²) in [5.41, 5.74) is 2.65. The van der Waals surface area contributed by atoms with Crippen LogP contribution in [0.1, 0.15) is 43.5 Å². The van der Waals surface area contributed by atoms with E-state index in [1.807, 2.05) is 45.0 Å². The summed E-state index contributed by atoms with van der Waals surface area (Å²) in [6.07, 6.45) is 1.79. The largest absolute Gasteiger partial charge is 0.487 e. The Morgan fingerprint density at radius 2 is 1.84 bits per heavy atom. The number of hydrogen-bond acceptors (Lipinski definition) is 5. The van der Waals surface area contributed by atoms with E-state index in [2.05, 4.69) is 45.2 Å². The first-order chi connectivity index (χ1) is 20.6. The van der Waals surface area contributed by atoms with Gasteiger partial charge in [0.2, 0.25) is 0 Å². The Hall–Kier alpha value is -2.55. The quantitative estimate of drug-likeness (QED) is 0.186. The Morgan fingerprint density at radius 3 is 2.51 bits per heavy atom. The predicted octanol–water partition coefficient (Wildman–Crippen LogP) is 6.68. The number of amides is 1. The average molecular weight is 842 g/mol. The van der Waals surface area contributed by atoms with Crippen LogP contribution in [0.4, 0.5) is 4.39 Å². The van der Waals surface area contributed by atoms with E-state index in [0.717, 1.165) is 12.7 Å². The number of benzene rings is 3. The van der Waals surface area contributed by atoms with Crippen molar-refractivity contribution in [2.45, 2.75) is 33.4 Å². The lowest BCUT2D eigenvalue weighted by Gasteiger charge is -2.29. The number of likely N-dealkylation sites (N-methyl/N-ethyl adjacent to an activating group) is 1. The van der Waals surface area contributed by atoms with Crippen LogP contribution in [0.5, 0.6) is 5.75 Å². The number of nitrogens with zero attached hydrogens (tertiary/aromatic N) is 3. The molecule has 0 bridgehead atoms. The molecule has 11 heteroatoms. The van der Waals surface area contributed by atoms with Crippen molar-refractivity contribution >= 4 is 80.1 Å². The zero-order valence-corrected chi connectivity index (χ0v) is 29.4. The summed E-state index contributed by atoms with van der Waals surface area (Å²) in [6.45, 7) is 6.78. The summed E-state index contributed by atoms with van der Waals surface area (Å²) in [5.74, 6) is 0.0555. The topological polar surface area (TPSA) is 63.9 Å². The third kappa shape index (κ3) is 6.62. The number of fused-ring (bicyclic) bond motifs is 1. The summed E-state index contributed by atoms with van der Waals surface area (Å²) < 4.78 is 24.3. The molecule has 3 aromatic carbocycles. The van der Waals surface area contributed by atoms with Gasteiger partial charge in [0.1, 0.15) is 18.2 Å². The molecule has 0 radical (unpaired) electrons. The van der Waals surface area contributed by atoms with Crippen LogP contribution in [-0.4, -0.2) is 28.5 Å². The highest BCUT2D eigenvalue weighted by molar-refractivity contribution is 14.1. The van der Waals surface area contributed by atoms with Gasteiger partial charge in [0.05, 0.1) is 25.4 Å². The highest BCUT2D eigenvalue weighted by Gasteiger charge is 2.34. The van der Waals surface area contributed by atoms with E-state index < -0.39 is 6.04 Å². The summed E-state index contributed by atoms with van der Waals surface area (Å²) in [5, 5.41) is 0.560. The number of carbonyl (C=O) groups is 1. The second-order valence-corrected chi connectivity index (χ2v) is 13.7. The molecule has 2 heterocycles. The Labute approximate surface area is 284 Å². The standard InChI is InChI=1S/C32H27ClFI2N3O3S/c1-4-38(5-2)31(41)27-18(3)37-32-39(28(27)19-10-12-22(33)13-11-19)30(40)26(43-32)15-21-14-23(35)16-25(36)29(21)42-17-20-8-6-7-9-24(20)34/h6-16,28H,4-5,17H2,1-3H3/b26-15+/t28-/m1/s1. The molecule has 0 aliphatic carbocycles. The third-order valence-corrected chi connectivity index (χ3v) is 9.80. The average Bonchev–Trinajstić information content (AvgIpc) is 3.27. The minimum absolute atomic E-state index is 0.0396. The van der Waals surface area contributed by atoms with Crippen LogP contribution in [0.25, 0.3) is 6.08 Å². The van der Waals surface area contributed by atoms with E-state index in [4.69, 9.17) is 21.3 Å². The zero-order valence-electron chi connectivity index (χ0n) is 23.5. The maximum absolute atomic E-state index is 14.3. The van der Waals surface area contributed by atoms with E-state index in [1.165, 1.54) is 17.4 Å². The van der Waals surface area contributed by atoms with Gasteiger partial charge in [-0.25, -0.2) is 9.38 Å². The number of ether oxygens (including phenoxy) is 1. The molecule has 43 heavy (non-hydrogen) atoms. The van der Waals surface area contributed by atoms with E-state index >= 15 is 0 Å². The smallest absolute Gasteiger partial charge is 0.271 e. The molecule has 0 fully saturated rings. The molecule has 1 atom stereocenters.